The van der Waals surface area contributed by atoms with Crippen LogP contribution in [0.5, 0.6) is 0 Å². The summed E-state index contributed by atoms with van der Waals surface area (Å²) in [7, 11) is 0. The Balaban J connectivity index is 0.000000251. The van der Waals surface area contributed by atoms with Gasteiger partial charge in [0.05, 0.1) is 5.71 Å². The molecule has 1 aliphatic rings. The van der Waals surface area contributed by atoms with E-state index >= 15 is 0 Å². The van der Waals surface area contributed by atoms with Crippen LogP contribution in [-0.2, 0) is 11.3 Å². The summed E-state index contributed by atoms with van der Waals surface area (Å²) in [5, 5.41) is 3.65. The molecule has 0 unspecified atom stereocenters. The summed E-state index contributed by atoms with van der Waals surface area (Å²) in [5.41, 5.74) is 2.52. The lowest BCUT2D eigenvalue weighted by Crippen LogP contribution is -1.82. The van der Waals surface area contributed by atoms with E-state index in [9.17, 15) is 0 Å². The first-order valence-electron chi connectivity index (χ1n) is 6.02. The van der Waals surface area contributed by atoms with Gasteiger partial charge in [-0.15, -0.1) is 0 Å². The minimum atomic E-state index is 0.784. The molecule has 1 aromatic rings. The lowest BCUT2D eigenvalue weighted by Gasteiger charge is -1.89. The van der Waals surface area contributed by atoms with Crippen molar-refractivity contribution in [3.05, 3.63) is 35.9 Å². The molecule has 1 aromatic carbocycles. The van der Waals surface area contributed by atoms with Crippen molar-refractivity contribution in [1.82, 2.24) is 0 Å². The molecule has 16 heavy (non-hydrogen) atoms. The maximum atomic E-state index is 4.64. The van der Waals surface area contributed by atoms with Gasteiger partial charge >= 0.3 is 0 Å². The van der Waals surface area contributed by atoms with Gasteiger partial charge in [-0.2, -0.15) is 0 Å². The number of aryl methyl sites for hydroxylation is 1. The second-order valence-electron chi connectivity index (χ2n) is 3.25. The van der Waals surface area contributed by atoms with E-state index in [-0.39, 0.29) is 0 Å². The molecule has 0 amide bonds. The number of nitrogens with zero attached hydrogens (tertiary/aromatic N) is 1. The Morgan fingerprint density at radius 2 is 1.81 bits per heavy atom. The fourth-order valence-corrected chi connectivity index (χ4v) is 1.11. The molecule has 90 valence electrons. The SMILES string of the molecule is CC.CC1=NOCC1.CCc1ccccc1. The van der Waals surface area contributed by atoms with Crippen molar-refractivity contribution < 1.29 is 4.84 Å². The zero-order chi connectivity index (χ0) is 12.2. The Labute approximate surface area is 99.3 Å². The molecular weight excluding hydrogens is 198 g/mol. The van der Waals surface area contributed by atoms with Crippen LogP contribution < -0.4 is 0 Å². The quantitative estimate of drug-likeness (QED) is 0.701. The van der Waals surface area contributed by atoms with Crippen molar-refractivity contribution in [2.45, 2.75) is 40.5 Å². The molecule has 2 rings (SSSR count). The van der Waals surface area contributed by atoms with E-state index in [1.807, 2.05) is 26.8 Å². The number of benzene rings is 1. The third kappa shape index (κ3) is 7.04. The lowest BCUT2D eigenvalue weighted by atomic mass is 10.2. The van der Waals surface area contributed by atoms with E-state index < -0.39 is 0 Å². The Bertz CT molecular complexity index is 280. The molecule has 0 aromatic heterocycles. The first-order chi connectivity index (χ1) is 7.83. The summed E-state index contributed by atoms with van der Waals surface area (Å²) < 4.78 is 0. The van der Waals surface area contributed by atoms with Gasteiger partial charge in [-0.05, 0) is 18.9 Å². The average molecular weight is 221 g/mol. The van der Waals surface area contributed by atoms with Gasteiger partial charge in [0.1, 0.15) is 6.61 Å². The van der Waals surface area contributed by atoms with Crippen molar-refractivity contribution >= 4 is 5.71 Å². The third-order valence-electron chi connectivity index (χ3n) is 2.03. The summed E-state index contributed by atoms with van der Waals surface area (Å²) in [6.07, 6.45) is 2.15. The van der Waals surface area contributed by atoms with Crippen molar-refractivity contribution in [2.75, 3.05) is 6.61 Å². The van der Waals surface area contributed by atoms with Gasteiger partial charge in [0.25, 0.3) is 0 Å². The maximum absolute atomic E-state index is 4.64. The second-order valence-corrected chi connectivity index (χ2v) is 3.25. The van der Waals surface area contributed by atoms with Crippen molar-refractivity contribution in [1.29, 1.82) is 0 Å². The molecule has 1 heterocycles. The number of hydrogen-bond donors (Lipinski definition) is 0. The van der Waals surface area contributed by atoms with Crippen LogP contribution in [0.15, 0.2) is 35.5 Å². The molecule has 1 aliphatic heterocycles. The van der Waals surface area contributed by atoms with Gasteiger partial charge in [0, 0.05) is 6.42 Å². The highest BCUT2D eigenvalue weighted by atomic mass is 16.6. The normalized spacial score (nSPS) is 12.4. The second kappa shape index (κ2) is 10.2. The molecule has 0 fully saturated rings. The molecule has 2 nitrogen and oxygen atoms in total. The molecule has 0 aliphatic carbocycles. The number of hydrogen-bond acceptors (Lipinski definition) is 2. The highest BCUT2D eigenvalue weighted by Crippen LogP contribution is 1.97. The van der Waals surface area contributed by atoms with Gasteiger partial charge in [-0.1, -0.05) is 56.3 Å². The minimum Gasteiger partial charge on any atom is -0.395 e. The van der Waals surface area contributed by atoms with Crippen LogP contribution in [0.4, 0.5) is 0 Å². The zero-order valence-corrected chi connectivity index (χ0v) is 10.9. The predicted molar refractivity (Wildman–Crippen MR) is 70.8 cm³/mol. The third-order valence-corrected chi connectivity index (χ3v) is 2.03. The predicted octanol–water partition coefficient (Wildman–Crippen LogP) is 4.06. The minimum absolute atomic E-state index is 0.784. The van der Waals surface area contributed by atoms with Crippen LogP contribution >= 0.6 is 0 Å². The fraction of sp³-hybridized carbons (Fsp3) is 0.500. The topological polar surface area (TPSA) is 21.6 Å². The molecule has 0 atom stereocenters. The molecule has 0 spiro atoms. The number of oxime groups is 1. The van der Waals surface area contributed by atoms with E-state index in [0.29, 0.717) is 0 Å². The Kier molecular flexibility index (Phi) is 9.38. The largest absolute Gasteiger partial charge is 0.395 e. The molecule has 0 bridgehead atoms. The van der Waals surface area contributed by atoms with Crippen LogP contribution in [-0.4, -0.2) is 12.3 Å². The van der Waals surface area contributed by atoms with Crippen LogP contribution in [0.1, 0.15) is 39.7 Å². The van der Waals surface area contributed by atoms with Gasteiger partial charge in [-0.3, -0.25) is 0 Å². The van der Waals surface area contributed by atoms with Gasteiger partial charge in [0.15, 0.2) is 0 Å². The van der Waals surface area contributed by atoms with Gasteiger partial charge < -0.3 is 4.84 Å². The van der Waals surface area contributed by atoms with E-state index in [1.54, 1.807) is 0 Å². The van der Waals surface area contributed by atoms with E-state index in [4.69, 9.17) is 0 Å². The Morgan fingerprint density at radius 3 is 2.06 bits per heavy atom. The van der Waals surface area contributed by atoms with E-state index in [2.05, 4.69) is 41.2 Å². The first kappa shape index (κ1) is 14.7. The van der Waals surface area contributed by atoms with Crippen molar-refractivity contribution in [3.8, 4) is 0 Å². The zero-order valence-electron chi connectivity index (χ0n) is 10.9. The standard InChI is InChI=1S/C8H10.C4H7NO.C2H6/c1-2-8-6-4-3-5-7-8;1-4-2-3-6-5-4;1-2/h3-7H,2H2,1H3;2-3H2,1H3;1-2H3. The van der Waals surface area contributed by atoms with Gasteiger partial charge in [0.2, 0.25) is 0 Å². The van der Waals surface area contributed by atoms with E-state index in [0.717, 1.165) is 25.2 Å². The van der Waals surface area contributed by atoms with Crippen molar-refractivity contribution in [2.24, 2.45) is 5.16 Å². The highest BCUT2D eigenvalue weighted by molar-refractivity contribution is 5.82. The van der Waals surface area contributed by atoms with Gasteiger partial charge in [-0.25, -0.2) is 0 Å². The summed E-state index contributed by atoms with van der Waals surface area (Å²) in [5.74, 6) is 0. The molecule has 2 heteroatoms. The van der Waals surface area contributed by atoms with Crippen LogP contribution in [0, 0.1) is 0 Å². The summed E-state index contributed by atoms with van der Waals surface area (Å²) in [6, 6.07) is 10.5. The van der Waals surface area contributed by atoms with E-state index in [1.165, 1.54) is 5.56 Å². The molecule has 0 N–H and O–H groups in total. The summed E-state index contributed by atoms with van der Waals surface area (Å²) in [4.78, 5) is 4.64. The molecule has 0 saturated carbocycles. The summed E-state index contributed by atoms with van der Waals surface area (Å²) in [6.45, 7) is 8.91. The molecular formula is C14H23NO. The van der Waals surface area contributed by atoms with Crippen LogP contribution in [0.2, 0.25) is 0 Å². The monoisotopic (exact) mass is 221 g/mol. The number of rotatable bonds is 1. The Morgan fingerprint density at radius 1 is 1.19 bits per heavy atom. The molecule has 0 saturated heterocycles. The van der Waals surface area contributed by atoms with Crippen LogP contribution in [0.25, 0.3) is 0 Å². The Hall–Kier alpha value is -1.31. The average Bonchev–Trinajstić information content (AvgIpc) is 2.85. The van der Waals surface area contributed by atoms with Crippen molar-refractivity contribution in [3.63, 3.8) is 0 Å². The lowest BCUT2D eigenvalue weighted by molar-refractivity contribution is 0.173. The first-order valence-corrected chi connectivity index (χ1v) is 6.02. The maximum Gasteiger partial charge on any atom is 0.122 e. The summed E-state index contributed by atoms with van der Waals surface area (Å²) >= 11 is 0. The smallest absolute Gasteiger partial charge is 0.122 e. The molecule has 0 radical (unpaired) electrons. The highest BCUT2D eigenvalue weighted by Gasteiger charge is 1.98. The van der Waals surface area contributed by atoms with Crippen LogP contribution in [0.3, 0.4) is 0 Å². The fourth-order valence-electron chi connectivity index (χ4n) is 1.11.